The summed E-state index contributed by atoms with van der Waals surface area (Å²) in [6.45, 7) is 12.8. The van der Waals surface area contributed by atoms with E-state index in [1.807, 2.05) is 103 Å². The summed E-state index contributed by atoms with van der Waals surface area (Å²) in [6.07, 6.45) is 26.0. The third kappa shape index (κ3) is 34.0. The second kappa shape index (κ2) is 54.2. The Kier molecular flexibility index (Phi) is 41.5. The summed E-state index contributed by atoms with van der Waals surface area (Å²) < 4.78 is 1.55. The number of aryl methyl sites for hydroxylation is 12. The number of pyridine rings is 6. The van der Waals surface area contributed by atoms with E-state index in [9.17, 15) is 19.2 Å². The van der Waals surface area contributed by atoms with Crippen molar-refractivity contribution in [2.24, 2.45) is 5.73 Å². The van der Waals surface area contributed by atoms with Crippen LogP contribution in [-0.4, -0.2) is 54.2 Å². The van der Waals surface area contributed by atoms with E-state index >= 15 is 0 Å². The van der Waals surface area contributed by atoms with Gasteiger partial charge in [0.1, 0.15) is 61.9 Å². The van der Waals surface area contributed by atoms with E-state index in [1.165, 1.54) is 88.2 Å². The normalized spacial score (nSPS) is 10.4. The molecule has 5 amide bonds. The highest BCUT2D eigenvalue weighted by Gasteiger charge is 2.45. The molecule has 0 spiro atoms. The zero-order valence-corrected chi connectivity index (χ0v) is 79.1. The minimum atomic E-state index is -1.80. The van der Waals surface area contributed by atoms with Gasteiger partial charge in [0, 0.05) is 48.3 Å². The number of benzene rings is 10. The van der Waals surface area contributed by atoms with Gasteiger partial charge in [-0.15, -0.1) is 0 Å². The molecule has 131 heavy (non-hydrogen) atoms. The minimum absolute atomic E-state index is 0. The van der Waals surface area contributed by atoms with Gasteiger partial charge in [0.2, 0.25) is 0 Å². The average Bonchev–Trinajstić information content (AvgIpc) is 0.748. The van der Waals surface area contributed by atoms with E-state index in [0.717, 1.165) is 77.8 Å². The number of carbonyl (C=O) groups excluding carboxylic acids is 4. The quantitative estimate of drug-likeness (QED) is 0.0210. The van der Waals surface area contributed by atoms with Crippen molar-refractivity contribution < 1.29 is 31.6 Å². The number of nitrogens with two attached hydrogens (primary N) is 3. The van der Waals surface area contributed by atoms with Crippen molar-refractivity contribution in [3.63, 3.8) is 0 Å². The van der Waals surface area contributed by atoms with Crippen LogP contribution in [0.2, 0.25) is 0 Å². The monoisotopic (exact) mass is 1900 g/mol. The molecular formula is C111H108Br2ClN12O4P. The number of nitrogens with one attached hydrogen (secondary N) is 3. The van der Waals surface area contributed by atoms with E-state index in [0.29, 0.717) is 39.0 Å². The molecule has 16 aromatic rings. The fourth-order valence-electron chi connectivity index (χ4n) is 13.9. The highest BCUT2D eigenvalue weighted by molar-refractivity contribution is 9.10. The second-order valence-corrected chi connectivity index (χ2v) is 35.6. The van der Waals surface area contributed by atoms with Gasteiger partial charge in [-0.3, -0.25) is 25.5 Å². The number of aldehydes is 1. The van der Waals surface area contributed by atoms with Crippen LogP contribution in [-0.2, 0) is 44.7 Å². The predicted molar refractivity (Wildman–Crippen MR) is 547 cm³/mol. The summed E-state index contributed by atoms with van der Waals surface area (Å²) in [5.41, 5.74) is 38.8. The topological polar surface area (TPSA) is 260 Å². The van der Waals surface area contributed by atoms with Crippen molar-refractivity contribution in [2.45, 2.75) is 86.2 Å². The number of primary amides is 1. The molecule has 6 aromatic heterocycles. The molecule has 0 radical (unpaired) electrons. The summed E-state index contributed by atoms with van der Waals surface area (Å²) in [6, 6.07) is 114. The Labute approximate surface area is 793 Å². The summed E-state index contributed by atoms with van der Waals surface area (Å²) in [4.78, 5) is 69.0. The van der Waals surface area contributed by atoms with E-state index in [1.54, 1.807) is 73.6 Å². The number of urea groups is 2. The van der Waals surface area contributed by atoms with Crippen LogP contribution in [0.5, 0.6) is 0 Å². The van der Waals surface area contributed by atoms with Crippen LogP contribution in [0.25, 0.3) is 24.3 Å². The zero-order valence-electron chi connectivity index (χ0n) is 74.3. The van der Waals surface area contributed by atoms with Crippen LogP contribution < -0.4 is 61.5 Å². The molecule has 0 aliphatic carbocycles. The SMILES string of the molecule is Cc1ccccc1C=Cc1ccnc(Br)c1.Cc1ccccc1C=Cc1ccnc(N)c1.Cc1ccccc1CCc1ccnc(N)c1.Cc1ccccc1CCc1ccnc(NC(=O)NC(=O)c2ccccc2)c1.Cc1ccccc1CCc1ccnc(NC(N)=O)c1.Cc1ccccc1C[P+](c1ccccc1)(c1ccccc1)c1ccccc1.O=Cc1ccnc(Br)c1.[Cl-]. The maximum absolute atomic E-state index is 12.0. The van der Waals surface area contributed by atoms with Gasteiger partial charge in [0.25, 0.3) is 5.91 Å². The number of carbonyl (C=O) groups is 4. The van der Waals surface area contributed by atoms with E-state index < -0.39 is 25.2 Å². The maximum atomic E-state index is 12.0. The number of hydrogen-bond donors (Lipinski definition) is 6. The first-order valence-corrected chi connectivity index (χ1v) is 46.2. The van der Waals surface area contributed by atoms with Crippen molar-refractivity contribution in [3.8, 4) is 0 Å². The lowest BCUT2D eigenvalue weighted by molar-refractivity contribution is -0.0000467. The van der Waals surface area contributed by atoms with Gasteiger partial charge in [0.05, 0.1) is 6.16 Å². The number of rotatable bonds is 22. The Morgan fingerprint density at radius 1 is 0.336 bits per heavy atom. The van der Waals surface area contributed by atoms with Gasteiger partial charge in [-0.2, -0.15) is 0 Å². The first-order chi connectivity index (χ1) is 63.2. The Bertz CT molecular complexity index is 6160. The van der Waals surface area contributed by atoms with Crippen LogP contribution in [0, 0.1) is 41.5 Å². The minimum Gasteiger partial charge on any atom is -1.00 e. The van der Waals surface area contributed by atoms with Crippen LogP contribution in [0.3, 0.4) is 0 Å². The third-order valence-corrected chi connectivity index (χ3v) is 26.3. The van der Waals surface area contributed by atoms with E-state index in [2.05, 4.69) is 344 Å². The van der Waals surface area contributed by atoms with E-state index in [-0.39, 0.29) is 12.4 Å². The molecule has 16 nitrogen and oxygen atoms in total. The summed E-state index contributed by atoms with van der Waals surface area (Å²) in [7, 11) is -1.80. The molecule has 0 saturated carbocycles. The third-order valence-electron chi connectivity index (χ3n) is 21.1. The van der Waals surface area contributed by atoms with Gasteiger partial charge < -0.3 is 29.6 Å². The first kappa shape index (κ1) is 101. The lowest BCUT2D eigenvalue weighted by Gasteiger charge is -2.28. The average molecular weight is 1900 g/mol. The summed E-state index contributed by atoms with van der Waals surface area (Å²) in [5, 5.41) is 11.7. The molecule has 0 bridgehead atoms. The van der Waals surface area contributed by atoms with Crippen molar-refractivity contribution in [1.29, 1.82) is 0 Å². The summed E-state index contributed by atoms with van der Waals surface area (Å²) >= 11 is 6.49. The molecule has 0 aliphatic heterocycles. The molecule has 9 N–H and O–H groups in total. The number of amides is 5. The number of hydrogen-bond acceptors (Lipinski definition) is 12. The van der Waals surface area contributed by atoms with Crippen molar-refractivity contribution in [2.75, 3.05) is 22.1 Å². The molecular weight excluding hydrogens is 1790 g/mol. The number of nitrogen functional groups attached to an aromatic ring is 2. The lowest BCUT2D eigenvalue weighted by atomic mass is 10.0. The number of anilines is 4. The number of aromatic nitrogens is 6. The van der Waals surface area contributed by atoms with Gasteiger partial charge >= 0.3 is 12.1 Å². The standard InChI is InChI=1S/C26H24P.C22H21N3O2.C15H17N3O.C14H12BrN.C14H16N2.C14H14N2.C6H4BrNO.ClH/c1-22-13-11-12-14-23(22)21-27(24-15-5-2-6-16-24,25-17-7-3-8-18-25)26-19-9-4-10-20-26;1-16-7-5-6-8-18(16)12-11-17-13-14-23-20(15-17)24-22(27)25-21(26)19-9-3-2-4-10-19;1-11-4-2-3-5-13(11)7-6-12-8-9-17-14(10-12)18-15(16)19;3*1-11-4-2-3-5-13(11)7-6-12-8-9-16-14(15)10-12;7-6-3-5(4-9)1-2-8-6;/h2-20H,21H2,1H3;2-10,13-15H,11-12H2,1H3,(H2,23,24,25,26,27);2-5,8-10H,6-7H2,1H3,(H3,16,17,18,19);2-10H,1H3;2-5,8-10H,6-7H2,1H3,(H2,15,16);2-10H,1H3,(H2,15,16);1-4H;1H/q+1;;;;;;;/p-1. The number of halogens is 3. The predicted octanol–water partition coefficient (Wildman–Crippen LogP) is 21.2. The molecule has 0 saturated heterocycles. The molecule has 0 unspecified atom stereocenters. The fourth-order valence-corrected chi connectivity index (χ4v) is 19.0. The zero-order chi connectivity index (χ0) is 92.1. The number of nitrogens with zero attached hydrogens (tertiary/aromatic N) is 6. The Balaban J connectivity index is 0.000000176. The Morgan fingerprint density at radius 3 is 1.05 bits per heavy atom. The lowest BCUT2D eigenvalue weighted by Crippen LogP contribution is -3.00. The smallest absolute Gasteiger partial charge is 0.327 e. The van der Waals surface area contributed by atoms with Crippen LogP contribution in [0.1, 0.15) is 115 Å². The van der Waals surface area contributed by atoms with Gasteiger partial charge in [0.15, 0.2) is 0 Å². The Hall–Kier alpha value is -14.3. The van der Waals surface area contributed by atoms with Crippen LogP contribution >= 0.6 is 39.1 Å². The second-order valence-electron chi connectivity index (χ2n) is 30.5. The summed E-state index contributed by atoms with van der Waals surface area (Å²) in [5.74, 6) is 1.60. The molecule has 10 aromatic carbocycles. The molecule has 0 fully saturated rings. The maximum Gasteiger partial charge on any atom is 0.327 e. The van der Waals surface area contributed by atoms with Crippen LogP contribution in [0.15, 0.2) is 386 Å². The molecule has 16 rings (SSSR count). The van der Waals surface area contributed by atoms with Gasteiger partial charge in [-0.25, -0.2) is 39.5 Å². The van der Waals surface area contributed by atoms with E-state index in [4.69, 9.17) is 17.2 Å². The van der Waals surface area contributed by atoms with Crippen molar-refractivity contribution in [1.82, 2.24) is 35.2 Å². The fraction of sp³-hybridized carbons (Fsp3) is 0.117. The largest absolute Gasteiger partial charge is 1.00 e. The molecule has 20 heteroatoms. The highest BCUT2D eigenvalue weighted by Crippen LogP contribution is 2.58. The van der Waals surface area contributed by atoms with Gasteiger partial charge in [-0.05, 0) is 328 Å². The molecule has 0 atom stereocenters. The van der Waals surface area contributed by atoms with Crippen LogP contribution in [0.4, 0.5) is 32.9 Å². The van der Waals surface area contributed by atoms with Crippen molar-refractivity contribution in [3.05, 3.63) is 492 Å². The first-order valence-electron chi connectivity index (χ1n) is 42.6. The van der Waals surface area contributed by atoms with Gasteiger partial charge in [-0.1, -0.05) is 243 Å². The highest BCUT2D eigenvalue weighted by atomic mass is 79.9. The molecule has 662 valence electrons. The number of imide groups is 1. The van der Waals surface area contributed by atoms with Crippen molar-refractivity contribution >= 4 is 127 Å². The molecule has 6 heterocycles. The molecule has 0 aliphatic rings. The Morgan fingerprint density at radius 2 is 0.664 bits per heavy atom.